The second-order valence-electron chi connectivity index (χ2n) is 5.55. The van der Waals surface area contributed by atoms with E-state index in [2.05, 4.69) is 20.8 Å². The van der Waals surface area contributed by atoms with Gasteiger partial charge in [-0.2, -0.15) is 0 Å². The average molecular weight is 334 g/mol. The molecule has 0 bridgehead atoms. The van der Waals surface area contributed by atoms with Crippen molar-refractivity contribution in [3.05, 3.63) is 0 Å². The molecule has 0 rings (SSSR count). The van der Waals surface area contributed by atoms with Gasteiger partial charge in [0.2, 0.25) is 0 Å². The predicted octanol–water partition coefficient (Wildman–Crippen LogP) is 4.92. The standard InChI is InChI=1S/C18H39O3P/c1-4-19-13-7-10-16-22(17-11-8-14-20-5-2)18-12-9-15-21-6-3/h4-18H2,1-3H3. The van der Waals surface area contributed by atoms with E-state index in [0.717, 1.165) is 39.6 Å². The Labute approximate surface area is 140 Å². The van der Waals surface area contributed by atoms with Gasteiger partial charge >= 0.3 is 0 Å². The summed E-state index contributed by atoms with van der Waals surface area (Å²) in [5, 5.41) is 0. The fourth-order valence-corrected chi connectivity index (χ4v) is 5.07. The van der Waals surface area contributed by atoms with Gasteiger partial charge in [0.05, 0.1) is 0 Å². The largest absolute Gasteiger partial charge is 0.382 e. The van der Waals surface area contributed by atoms with Gasteiger partial charge in [-0.1, -0.05) is 0 Å². The molecule has 0 aromatic heterocycles. The van der Waals surface area contributed by atoms with E-state index in [1.54, 1.807) is 0 Å². The summed E-state index contributed by atoms with van der Waals surface area (Å²) in [6.45, 7) is 11.6. The Morgan fingerprint density at radius 1 is 0.500 bits per heavy atom. The molecular weight excluding hydrogens is 295 g/mol. The van der Waals surface area contributed by atoms with E-state index < -0.39 is 0 Å². The van der Waals surface area contributed by atoms with Crippen molar-refractivity contribution in [2.24, 2.45) is 0 Å². The molecule has 0 aliphatic carbocycles. The Balaban J connectivity index is 3.72. The summed E-state index contributed by atoms with van der Waals surface area (Å²) in [4.78, 5) is 0. The van der Waals surface area contributed by atoms with Crippen molar-refractivity contribution >= 4 is 7.92 Å². The molecule has 0 spiro atoms. The van der Waals surface area contributed by atoms with Crippen LogP contribution in [0.2, 0.25) is 0 Å². The van der Waals surface area contributed by atoms with Gasteiger partial charge in [0.25, 0.3) is 0 Å². The number of hydrogen-bond acceptors (Lipinski definition) is 3. The van der Waals surface area contributed by atoms with Crippen molar-refractivity contribution in [1.82, 2.24) is 0 Å². The van der Waals surface area contributed by atoms with Crippen LogP contribution in [0.4, 0.5) is 0 Å². The van der Waals surface area contributed by atoms with Crippen LogP contribution in [0.5, 0.6) is 0 Å². The van der Waals surface area contributed by atoms with Crippen LogP contribution < -0.4 is 0 Å². The van der Waals surface area contributed by atoms with Crippen molar-refractivity contribution in [2.45, 2.75) is 59.3 Å². The van der Waals surface area contributed by atoms with Gasteiger partial charge in [-0.25, -0.2) is 0 Å². The van der Waals surface area contributed by atoms with Gasteiger partial charge in [0.1, 0.15) is 0 Å². The second-order valence-corrected chi connectivity index (χ2v) is 8.24. The summed E-state index contributed by atoms with van der Waals surface area (Å²) in [5.74, 6) is 0. The highest BCUT2D eigenvalue weighted by Crippen LogP contribution is 2.38. The molecule has 0 saturated heterocycles. The van der Waals surface area contributed by atoms with Gasteiger partial charge in [0, 0.05) is 39.6 Å². The van der Waals surface area contributed by atoms with Crippen molar-refractivity contribution in [3.63, 3.8) is 0 Å². The molecule has 0 aliphatic rings. The summed E-state index contributed by atoms with van der Waals surface area (Å²) >= 11 is 0. The minimum absolute atomic E-state index is 0.210. The van der Waals surface area contributed by atoms with Crippen molar-refractivity contribution in [2.75, 3.05) is 58.1 Å². The van der Waals surface area contributed by atoms with Crippen LogP contribution in [0, 0.1) is 0 Å². The monoisotopic (exact) mass is 334 g/mol. The Bertz CT molecular complexity index is 169. The molecule has 3 nitrogen and oxygen atoms in total. The van der Waals surface area contributed by atoms with Crippen LogP contribution in [-0.2, 0) is 14.2 Å². The average Bonchev–Trinajstić information content (AvgIpc) is 2.53. The highest BCUT2D eigenvalue weighted by Gasteiger charge is 2.07. The highest BCUT2D eigenvalue weighted by atomic mass is 31.1. The van der Waals surface area contributed by atoms with Gasteiger partial charge in [-0.05, 0) is 77.8 Å². The topological polar surface area (TPSA) is 27.7 Å². The van der Waals surface area contributed by atoms with Crippen LogP contribution in [-0.4, -0.2) is 58.1 Å². The number of hydrogen-bond donors (Lipinski definition) is 0. The lowest BCUT2D eigenvalue weighted by Gasteiger charge is -2.18. The maximum absolute atomic E-state index is 5.44. The second kappa shape index (κ2) is 19.4. The Morgan fingerprint density at radius 3 is 1.09 bits per heavy atom. The molecule has 4 heteroatoms. The normalized spacial score (nSPS) is 11.5. The lowest BCUT2D eigenvalue weighted by molar-refractivity contribution is 0.144. The summed E-state index contributed by atoms with van der Waals surface area (Å²) in [6.07, 6.45) is 12.0. The quantitative estimate of drug-likeness (QED) is 0.263. The molecular formula is C18H39O3P. The third kappa shape index (κ3) is 16.7. The first-order valence-corrected chi connectivity index (χ1v) is 11.2. The number of rotatable bonds is 18. The molecule has 0 heterocycles. The van der Waals surface area contributed by atoms with Crippen LogP contribution >= 0.6 is 7.92 Å². The van der Waals surface area contributed by atoms with Crippen LogP contribution in [0.15, 0.2) is 0 Å². The zero-order valence-electron chi connectivity index (χ0n) is 15.3. The Morgan fingerprint density at radius 2 is 0.818 bits per heavy atom. The fourth-order valence-electron chi connectivity index (χ4n) is 2.39. The lowest BCUT2D eigenvalue weighted by atomic mass is 10.3. The van der Waals surface area contributed by atoms with E-state index in [0.29, 0.717) is 0 Å². The summed E-state index contributed by atoms with van der Waals surface area (Å²) in [7, 11) is 0.210. The molecule has 0 aromatic rings. The van der Waals surface area contributed by atoms with Crippen LogP contribution in [0.1, 0.15) is 59.3 Å². The third-order valence-electron chi connectivity index (χ3n) is 3.65. The smallest absolute Gasteiger partial charge is 0.0466 e. The zero-order chi connectivity index (χ0) is 16.3. The first-order chi connectivity index (χ1) is 10.8. The van der Waals surface area contributed by atoms with Crippen molar-refractivity contribution in [3.8, 4) is 0 Å². The van der Waals surface area contributed by atoms with Gasteiger partial charge in [-0.3, -0.25) is 0 Å². The molecule has 0 unspecified atom stereocenters. The maximum Gasteiger partial charge on any atom is 0.0466 e. The molecule has 0 atom stereocenters. The van der Waals surface area contributed by atoms with Gasteiger partial charge in [0.15, 0.2) is 0 Å². The Kier molecular flexibility index (Phi) is 19.6. The minimum atomic E-state index is 0.210. The van der Waals surface area contributed by atoms with Crippen LogP contribution in [0.25, 0.3) is 0 Å². The molecule has 0 saturated carbocycles. The van der Waals surface area contributed by atoms with E-state index in [1.165, 1.54) is 57.0 Å². The lowest BCUT2D eigenvalue weighted by Crippen LogP contribution is -2.02. The van der Waals surface area contributed by atoms with Crippen molar-refractivity contribution < 1.29 is 14.2 Å². The minimum Gasteiger partial charge on any atom is -0.382 e. The summed E-state index contributed by atoms with van der Waals surface area (Å²) < 4.78 is 16.3. The predicted molar refractivity (Wildman–Crippen MR) is 98.7 cm³/mol. The molecule has 0 amide bonds. The number of unbranched alkanes of at least 4 members (excludes halogenated alkanes) is 3. The summed E-state index contributed by atoms with van der Waals surface area (Å²) in [6, 6.07) is 0. The first kappa shape index (κ1) is 22.3. The molecule has 0 N–H and O–H groups in total. The molecule has 134 valence electrons. The zero-order valence-corrected chi connectivity index (χ0v) is 16.2. The van der Waals surface area contributed by atoms with E-state index in [-0.39, 0.29) is 7.92 Å². The molecule has 0 fully saturated rings. The fraction of sp³-hybridized carbons (Fsp3) is 1.00. The molecule has 0 aliphatic heterocycles. The highest BCUT2D eigenvalue weighted by molar-refractivity contribution is 7.57. The van der Waals surface area contributed by atoms with Crippen molar-refractivity contribution in [1.29, 1.82) is 0 Å². The molecule has 0 aromatic carbocycles. The van der Waals surface area contributed by atoms with E-state index >= 15 is 0 Å². The van der Waals surface area contributed by atoms with Gasteiger partial charge in [-0.15, -0.1) is 7.92 Å². The van der Waals surface area contributed by atoms with Gasteiger partial charge < -0.3 is 14.2 Å². The maximum atomic E-state index is 5.44. The molecule has 22 heavy (non-hydrogen) atoms. The number of ether oxygens (including phenoxy) is 3. The first-order valence-electron chi connectivity index (χ1n) is 9.30. The summed E-state index contributed by atoms with van der Waals surface area (Å²) in [5.41, 5.74) is 0. The SMILES string of the molecule is CCOCCCCP(CCCCOCC)CCCCOCC. The van der Waals surface area contributed by atoms with Crippen LogP contribution in [0.3, 0.4) is 0 Å². The van der Waals surface area contributed by atoms with E-state index in [1.807, 2.05) is 0 Å². The van der Waals surface area contributed by atoms with E-state index in [9.17, 15) is 0 Å². The molecule has 0 radical (unpaired) electrons. The van der Waals surface area contributed by atoms with E-state index in [4.69, 9.17) is 14.2 Å². The third-order valence-corrected chi connectivity index (χ3v) is 6.50. The Hall–Kier alpha value is 0.310.